The van der Waals surface area contributed by atoms with Gasteiger partial charge in [0.25, 0.3) is 0 Å². The number of nitrogens with zero attached hydrogens (tertiary/aromatic N) is 2. The average molecular weight is 233 g/mol. The van der Waals surface area contributed by atoms with Crippen LogP contribution in [0.25, 0.3) is 0 Å². The zero-order valence-electron chi connectivity index (χ0n) is 11.0. The van der Waals surface area contributed by atoms with E-state index in [1.54, 1.807) is 0 Å². The van der Waals surface area contributed by atoms with Crippen LogP contribution in [0, 0.1) is 18.8 Å². The molecule has 0 aromatic carbocycles. The van der Waals surface area contributed by atoms with Gasteiger partial charge in [0.15, 0.2) is 0 Å². The molecule has 1 saturated heterocycles. The molecule has 1 aromatic rings. The maximum atomic E-state index is 4.46. The number of H-pyrrole nitrogens is 1. The fourth-order valence-electron chi connectivity index (χ4n) is 3.63. The highest BCUT2D eigenvalue weighted by atomic mass is 15.1. The Kier molecular flexibility index (Phi) is 2.95. The van der Waals surface area contributed by atoms with Crippen molar-refractivity contribution in [1.29, 1.82) is 0 Å². The van der Waals surface area contributed by atoms with Gasteiger partial charge in [0.1, 0.15) is 0 Å². The van der Waals surface area contributed by atoms with E-state index >= 15 is 0 Å². The molecule has 0 radical (unpaired) electrons. The molecule has 2 aliphatic rings. The molecule has 1 N–H and O–H groups in total. The number of likely N-dealkylation sites (tertiary alicyclic amines) is 1. The summed E-state index contributed by atoms with van der Waals surface area (Å²) in [6, 6.07) is 0. The first kappa shape index (κ1) is 11.3. The molecule has 1 aliphatic carbocycles. The molecule has 2 heterocycles. The summed E-state index contributed by atoms with van der Waals surface area (Å²) in [5.41, 5.74) is 4.17. The second kappa shape index (κ2) is 4.45. The molecule has 1 fully saturated rings. The molecular weight excluding hydrogens is 210 g/mol. The van der Waals surface area contributed by atoms with Crippen LogP contribution in [-0.2, 0) is 12.8 Å². The van der Waals surface area contributed by atoms with Crippen molar-refractivity contribution in [2.45, 2.75) is 39.5 Å². The third-order valence-corrected chi connectivity index (χ3v) is 4.60. The molecular formula is C14H23N3. The van der Waals surface area contributed by atoms with E-state index in [2.05, 4.69) is 28.9 Å². The Bertz CT molecular complexity index is 396. The van der Waals surface area contributed by atoms with Gasteiger partial charge in [-0.1, -0.05) is 6.92 Å². The molecule has 3 nitrogen and oxygen atoms in total. The summed E-state index contributed by atoms with van der Waals surface area (Å²) in [6.45, 7) is 8.33. The van der Waals surface area contributed by atoms with Gasteiger partial charge in [0.05, 0.1) is 5.69 Å². The van der Waals surface area contributed by atoms with Gasteiger partial charge in [-0.15, -0.1) is 0 Å². The molecule has 3 rings (SSSR count). The van der Waals surface area contributed by atoms with Crippen molar-refractivity contribution in [1.82, 2.24) is 15.1 Å². The lowest BCUT2D eigenvalue weighted by Crippen LogP contribution is -2.44. The summed E-state index contributed by atoms with van der Waals surface area (Å²) in [5.74, 6) is 1.76. The van der Waals surface area contributed by atoms with Crippen LogP contribution in [0.3, 0.4) is 0 Å². The lowest BCUT2D eigenvalue weighted by molar-refractivity contribution is 0.111. The maximum Gasteiger partial charge on any atom is 0.0659 e. The highest BCUT2D eigenvalue weighted by Gasteiger charge is 2.34. The number of aromatic amines is 1. The Morgan fingerprint density at radius 2 is 2.24 bits per heavy atom. The molecule has 1 aliphatic heterocycles. The SMILES string of the molecule is CCCN1CC[C@H]2Cc3n[nH]c(C)c3C[C@@H]2C1. The number of rotatable bonds is 2. The summed E-state index contributed by atoms with van der Waals surface area (Å²) < 4.78 is 0. The minimum absolute atomic E-state index is 0.874. The summed E-state index contributed by atoms with van der Waals surface area (Å²) in [7, 11) is 0. The molecule has 0 bridgehead atoms. The van der Waals surface area contributed by atoms with Gasteiger partial charge in [-0.05, 0) is 63.1 Å². The highest BCUT2D eigenvalue weighted by Crippen LogP contribution is 2.35. The van der Waals surface area contributed by atoms with Crippen molar-refractivity contribution in [3.05, 3.63) is 17.0 Å². The van der Waals surface area contributed by atoms with Gasteiger partial charge in [0, 0.05) is 12.2 Å². The second-order valence-corrected chi connectivity index (χ2v) is 5.79. The van der Waals surface area contributed by atoms with E-state index in [0.717, 1.165) is 11.8 Å². The standard InChI is InChI=1S/C14H23N3/c1-3-5-17-6-4-11-8-14-13(7-12(11)9-17)10(2)15-16-14/h11-12H,3-9H2,1-2H3,(H,15,16)/t11-,12+/m0/s1. The van der Waals surface area contributed by atoms with E-state index in [1.807, 2.05) is 0 Å². The Hall–Kier alpha value is -0.830. The van der Waals surface area contributed by atoms with Gasteiger partial charge < -0.3 is 4.90 Å². The van der Waals surface area contributed by atoms with Gasteiger partial charge in [-0.25, -0.2) is 0 Å². The van der Waals surface area contributed by atoms with Crippen molar-refractivity contribution in [3.63, 3.8) is 0 Å². The largest absolute Gasteiger partial charge is 0.303 e. The average Bonchev–Trinajstić information content (AvgIpc) is 2.69. The Labute approximate surface area is 104 Å². The van der Waals surface area contributed by atoms with Crippen LogP contribution in [0.5, 0.6) is 0 Å². The second-order valence-electron chi connectivity index (χ2n) is 5.79. The summed E-state index contributed by atoms with van der Waals surface area (Å²) in [6.07, 6.45) is 5.12. The van der Waals surface area contributed by atoms with Crippen LogP contribution in [0.15, 0.2) is 0 Å². The smallest absolute Gasteiger partial charge is 0.0659 e. The summed E-state index contributed by atoms with van der Waals surface area (Å²) >= 11 is 0. The Morgan fingerprint density at radius 1 is 1.35 bits per heavy atom. The van der Waals surface area contributed by atoms with E-state index in [9.17, 15) is 0 Å². The van der Waals surface area contributed by atoms with E-state index in [0.29, 0.717) is 0 Å². The number of fused-ring (bicyclic) bond motifs is 2. The molecule has 0 saturated carbocycles. The molecule has 0 amide bonds. The summed E-state index contributed by atoms with van der Waals surface area (Å²) in [4.78, 5) is 2.65. The number of nitrogens with one attached hydrogen (secondary N) is 1. The number of piperidine rings is 1. The fourth-order valence-corrected chi connectivity index (χ4v) is 3.63. The first-order chi connectivity index (χ1) is 8.28. The number of hydrogen-bond acceptors (Lipinski definition) is 2. The van der Waals surface area contributed by atoms with E-state index in [-0.39, 0.29) is 0 Å². The molecule has 17 heavy (non-hydrogen) atoms. The van der Waals surface area contributed by atoms with Gasteiger partial charge >= 0.3 is 0 Å². The molecule has 3 heteroatoms. The van der Waals surface area contributed by atoms with Crippen molar-refractivity contribution < 1.29 is 0 Å². The quantitative estimate of drug-likeness (QED) is 0.849. The maximum absolute atomic E-state index is 4.46. The monoisotopic (exact) mass is 233 g/mol. The van der Waals surface area contributed by atoms with Crippen LogP contribution in [0.2, 0.25) is 0 Å². The fraction of sp³-hybridized carbons (Fsp3) is 0.786. The van der Waals surface area contributed by atoms with Gasteiger partial charge in [-0.2, -0.15) is 5.10 Å². The molecule has 2 atom stereocenters. The van der Waals surface area contributed by atoms with Crippen molar-refractivity contribution >= 4 is 0 Å². The van der Waals surface area contributed by atoms with Crippen LogP contribution in [0.1, 0.15) is 36.7 Å². The predicted molar refractivity (Wildman–Crippen MR) is 69.1 cm³/mol. The van der Waals surface area contributed by atoms with Gasteiger partial charge in [-0.3, -0.25) is 5.10 Å². The molecule has 0 spiro atoms. The van der Waals surface area contributed by atoms with E-state index < -0.39 is 0 Å². The lowest BCUT2D eigenvalue weighted by atomic mass is 9.74. The zero-order chi connectivity index (χ0) is 11.8. The van der Waals surface area contributed by atoms with Crippen LogP contribution in [-0.4, -0.2) is 34.7 Å². The third-order valence-electron chi connectivity index (χ3n) is 4.60. The minimum atomic E-state index is 0.874. The number of hydrogen-bond donors (Lipinski definition) is 1. The third kappa shape index (κ3) is 2.01. The normalized spacial score (nSPS) is 28.8. The minimum Gasteiger partial charge on any atom is -0.303 e. The number of aromatic nitrogens is 2. The Balaban J connectivity index is 1.75. The van der Waals surface area contributed by atoms with Crippen LogP contribution >= 0.6 is 0 Å². The zero-order valence-corrected chi connectivity index (χ0v) is 11.0. The summed E-state index contributed by atoms with van der Waals surface area (Å²) in [5, 5.41) is 7.63. The van der Waals surface area contributed by atoms with E-state index in [4.69, 9.17) is 0 Å². The van der Waals surface area contributed by atoms with E-state index in [1.165, 1.54) is 62.3 Å². The van der Waals surface area contributed by atoms with Crippen molar-refractivity contribution in [2.75, 3.05) is 19.6 Å². The predicted octanol–water partition coefficient (Wildman–Crippen LogP) is 2.16. The topological polar surface area (TPSA) is 31.9 Å². The first-order valence-corrected chi connectivity index (χ1v) is 7.03. The van der Waals surface area contributed by atoms with Crippen LogP contribution < -0.4 is 0 Å². The first-order valence-electron chi connectivity index (χ1n) is 7.03. The Morgan fingerprint density at radius 3 is 3.06 bits per heavy atom. The van der Waals surface area contributed by atoms with Crippen molar-refractivity contribution in [3.8, 4) is 0 Å². The molecule has 0 unspecified atom stereocenters. The van der Waals surface area contributed by atoms with Crippen LogP contribution in [0.4, 0.5) is 0 Å². The molecule has 94 valence electrons. The highest BCUT2D eigenvalue weighted by molar-refractivity contribution is 5.28. The number of aryl methyl sites for hydroxylation is 1. The molecule has 1 aromatic heterocycles. The van der Waals surface area contributed by atoms with Gasteiger partial charge in [0.2, 0.25) is 0 Å². The lowest BCUT2D eigenvalue weighted by Gasteiger charge is -2.41. The van der Waals surface area contributed by atoms with Crippen molar-refractivity contribution in [2.24, 2.45) is 11.8 Å².